The lowest BCUT2D eigenvalue weighted by Crippen LogP contribution is -2.08. The van der Waals surface area contributed by atoms with E-state index in [9.17, 15) is 9.59 Å². The number of carbonyl (C=O) groups is 2. The molecule has 6 heteroatoms. The van der Waals surface area contributed by atoms with Crippen LogP contribution in [0.15, 0.2) is 48.5 Å². The largest absolute Gasteiger partial charge is 0.490 e. The zero-order valence-electron chi connectivity index (χ0n) is 14.7. The fraction of sp³-hybridized carbons (Fsp3) is 0.200. The molecule has 0 saturated heterocycles. The maximum Gasteiger partial charge on any atom is 0.335 e. The first-order chi connectivity index (χ1) is 12.5. The molecule has 0 radical (unpaired) electrons. The Morgan fingerprint density at radius 1 is 1.00 bits per heavy atom. The summed E-state index contributed by atoms with van der Waals surface area (Å²) in [4.78, 5) is 22.8. The molecule has 0 spiro atoms. The van der Waals surface area contributed by atoms with Gasteiger partial charge in [0.15, 0.2) is 11.5 Å². The third-order valence-corrected chi connectivity index (χ3v) is 3.39. The molecule has 0 aromatic heterocycles. The van der Waals surface area contributed by atoms with Gasteiger partial charge in [-0.3, -0.25) is 4.79 Å². The van der Waals surface area contributed by atoms with E-state index < -0.39 is 5.97 Å². The van der Waals surface area contributed by atoms with Gasteiger partial charge < -0.3 is 19.9 Å². The van der Waals surface area contributed by atoms with Crippen LogP contribution < -0.4 is 14.8 Å². The summed E-state index contributed by atoms with van der Waals surface area (Å²) in [6, 6.07) is 11.4. The highest BCUT2D eigenvalue weighted by Crippen LogP contribution is 2.29. The predicted octanol–water partition coefficient (Wildman–Crippen LogP) is 3.83. The summed E-state index contributed by atoms with van der Waals surface area (Å²) >= 11 is 0. The van der Waals surface area contributed by atoms with Crippen molar-refractivity contribution in [2.75, 3.05) is 18.5 Å². The molecule has 0 bridgehead atoms. The first-order valence-corrected chi connectivity index (χ1v) is 8.25. The zero-order chi connectivity index (χ0) is 18.9. The van der Waals surface area contributed by atoms with E-state index in [1.807, 2.05) is 19.9 Å². The molecule has 0 heterocycles. The van der Waals surface area contributed by atoms with Crippen LogP contribution in [-0.4, -0.2) is 30.2 Å². The molecule has 2 N–H and O–H groups in total. The molecule has 136 valence electrons. The van der Waals surface area contributed by atoms with Crippen LogP contribution in [0.5, 0.6) is 11.5 Å². The number of nitrogens with one attached hydrogen (secondary N) is 1. The summed E-state index contributed by atoms with van der Waals surface area (Å²) in [5.74, 6) is -0.0427. The molecule has 0 aliphatic carbocycles. The third kappa shape index (κ3) is 5.37. The standard InChI is InChI=1S/C20H21NO5/c1-3-25-17-11-5-14(13-18(17)26-4-2)6-12-19(22)21-16-9-7-15(8-10-16)20(23)24/h5-13H,3-4H2,1-2H3,(H,21,22)(H,23,24)/b12-6+. The van der Waals surface area contributed by atoms with Gasteiger partial charge in [0.1, 0.15) is 0 Å². The Balaban J connectivity index is 2.04. The molecule has 26 heavy (non-hydrogen) atoms. The van der Waals surface area contributed by atoms with Crippen molar-refractivity contribution in [3.63, 3.8) is 0 Å². The van der Waals surface area contributed by atoms with Crippen LogP contribution >= 0.6 is 0 Å². The van der Waals surface area contributed by atoms with Gasteiger partial charge >= 0.3 is 5.97 Å². The van der Waals surface area contributed by atoms with Gasteiger partial charge in [-0.2, -0.15) is 0 Å². The van der Waals surface area contributed by atoms with Gasteiger partial charge in [-0.1, -0.05) is 6.07 Å². The van der Waals surface area contributed by atoms with Crippen molar-refractivity contribution in [1.29, 1.82) is 0 Å². The molecular weight excluding hydrogens is 334 g/mol. The minimum atomic E-state index is -1.01. The Morgan fingerprint density at radius 2 is 1.65 bits per heavy atom. The molecule has 6 nitrogen and oxygen atoms in total. The van der Waals surface area contributed by atoms with Crippen molar-refractivity contribution in [2.45, 2.75) is 13.8 Å². The highest BCUT2D eigenvalue weighted by molar-refractivity contribution is 6.02. The average molecular weight is 355 g/mol. The Hall–Kier alpha value is -3.28. The highest BCUT2D eigenvalue weighted by atomic mass is 16.5. The van der Waals surface area contributed by atoms with Gasteiger partial charge in [0.25, 0.3) is 0 Å². The van der Waals surface area contributed by atoms with Crippen molar-refractivity contribution >= 4 is 23.6 Å². The smallest absolute Gasteiger partial charge is 0.335 e. The van der Waals surface area contributed by atoms with Gasteiger partial charge in [0.05, 0.1) is 18.8 Å². The molecule has 0 aliphatic rings. The summed E-state index contributed by atoms with van der Waals surface area (Å²) in [5.41, 5.74) is 1.48. The fourth-order valence-electron chi connectivity index (χ4n) is 2.22. The van der Waals surface area contributed by atoms with Crippen molar-refractivity contribution in [3.8, 4) is 11.5 Å². The SMILES string of the molecule is CCOc1ccc(/C=C/C(=O)Nc2ccc(C(=O)O)cc2)cc1OCC. The molecule has 0 aliphatic heterocycles. The number of hydrogen-bond donors (Lipinski definition) is 2. The lowest BCUT2D eigenvalue weighted by Gasteiger charge is -2.11. The predicted molar refractivity (Wildman–Crippen MR) is 99.8 cm³/mol. The minimum absolute atomic E-state index is 0.163. The second-order valence-corrected chi connectivity index (χ2v) is 5.28. The monoisotopic (exact) mass is 355 g/mol. The van der Waals surface area contributed by atoms with Crippen LogP contribution in [-0.2, 0) is 4.79 Å². The summed E-state index contributed by atoms with van der Waals surface area (Å²) in [7, 11) is 0. The highest BCUT2D eigenvalue weighted by Gasteiger charge is 2.06. The van der Waals surface area contributed by atoms with Gasteiger partial charge in [-0.15, -0.1) is 0 Å². The van der Waals surface area contributed by atoms with Crippen molar-refractivity contribution in [1.82, 2.24) is 0 Å². The van der Waals surface area contributed by atoms with E-state index in [4.69, 9.17) is 14.6 Å². The molecule has 2 aromatic rings. The number of carboxylic acid groups (broad SMARTS) is 1. The number of ether oxygens (including phenoxy) is 2. The maximum atomic E-state index is 12.0. The van der Waals surface area contributed by atoms with E-state index >= 15 is 0 Å². The van der Waals surface area contributed by atoms with Crippen LogP contribution in [0.4, 0.5) is 5.69 Å². The summed E-state index contributed by atoms with van der Waals surface area (Å²) in [6.45, 7) is 4.84. The summed E-state index contributed by atoms with van der Waals surface area (Å²) < 4.78 is 11.1. The molecule has 2 rings (SSSR count). The van der Waals surface area contributed by atoms with Gasteiger partial charge in [-0.05, 0) is 61.9 Å². The van der Waals surface area contributed by atoms with Gasteiger partial charge in [-0.25, -0.2) is 4.79 Å². The van der Waals surface area contributed by atoms with Crippen LogP contribution in [0, 0.1) is 0 Å². The summed E-state index contributed by atoms with van der Waals surface area (Å²) in [5, 5.41) is 11.5. The Labute approximate surface area is 152 Å². The molecular formula is C20H21NO5. The topological polar surface area (TPSA) is 84.9 Å². The number of carbonyl (C=O) groups excluding carboxylic acids is 1. The van der Waals surface area contributed by atoms with E-state index in [0.29, 0.717) is 30.4 Å². The Bertz CT molecular complexity index is 796. The zero-order valence-corrected chi connectivity index (χ0v) is 14.7. The average Bonchev–Trinajstić information content (AvgIpc) is 2.62. The van der Waals surface area contributed by atoms with E-state index in [-0.39, 0.29) is 11.5 Å². The van der Waals surface area contributed by atoms with Crippen LogP contribution in [0.2, 0.25) is 0 Å². The first-order valence-electron chi connectivity index (χ1n) is 8.25. The molecule has 0 saturated carbocycles. The van der Waals surface area contributed by atoms with Crippen LogP contribution in [0.25, 0.3) is 6.08 Å². The number of amides is 1. The van der Waals surface area contributed by atoms with Gasteiger partial charge in [0, 0.05) is 11.8 Å². The first kappa shape index (κ1) is 19.1. The Kier molecular flexibility index (Phi) is 6.79. The van der Waals surface area contributed by atoms with Crippen LogP contribution in [0.3, 0.4) is 0 Å². The normalized spacial score (nSPS) is 10.5. The fourth-order valence-corrected chi connectivity index (χ4v) is 2.22. The lowest BCUT2D eigenvalue weighted by molar-refractivity contribution is -0.111. The van der Waals surface area contributed by atoms with Crippen molar-refractivity contribution < 1.29 is 24.2 Å². The number of rotatable bonds is 8. The van der Waals surface area contributed by atoms with Gasteiger partial charge in [0.2, 0.25) is 5.91 Å². The molecule has 1 amide bonds. The molecule has 0 unspecified atom stereocenters. The second-order valence-electron chi connectivity index (χ2n) is 5.28. The van der Waals surface area contributed by atoms with Crippen molar-refractivity contribution in [3.05, 3.63) is 59.7 Å². The Morgan fingerprint density at radius 3 is 2.27 bits per heavy atom. The number of anilines is 1. The maximum absolute atomic E-state index is 12.0. The molecule has 0 fully saturated rings. The van der Waals surface area contributed by atoms with Crippen molar-refractivity contribution in [2.24, 2.45) is 0 Å². The van der Waals surface area contributed by atoms with E-state index in [2.05, 4.69) is 5.32 Å². The number of aromatic carboxylic acids is 1. The second kappa shape index (κ2) is 9.27. The number of carboxylic acids is 1. The quantitative estimate of drug-likeness (QED) is 0.703. The van der Waals surface area contributed by atoms with E-state index in [0.717, 1.165) is 5.56 Å². The van der Waals surface area contributed by atoms with E-state index in [1.165, 1.54) is 18.2 Å². The summed E-state index contributed by atoms with van der Waals surface area (Å²) in [6.07, 6.45) is 3.07. The van der Waals surface area contributed by atoms with Crippen LogP contribution in [0.1, 0.15) is 29.8 Å². The number of hydrogen-bond acceptors (Lipinski definition) is 4. The third-order valence-electron chi connectivity index (χ3n) is 3.39. The lowest BCUT2D eigenvalue weighted by atomic mass is 10.2. The molecule has 0 atom stereocenters. The molecule has 2 aromatic carbocycles. The van der Waals surface area contributed by atoms with E-state index in [1.54, 1.807) is 30.3 Å². The minimum Gasteiger partial charge on any atom is -0.490 e. The number of benzene rings is 2.